The highest BCUT2D eigenvalue weighted by Gasteiger charge is 2.19. The van der Waals surface area contributed by atoms with Crippen molar-refractivity contribution in [3.63, 3.8) is 0 Å². The van der Waals surface area contributed by atoms with Crippen molar-refractivity contribution >= 4 is 16.7 Å². The van der Waals surface area contributed by atoms with E-state index in [4.69, 9.17) is 4.42 Å². The Kier molecular flexibility index (Phi) is 1.36. The monoisotopic (exact) mass is 173 g/mol. The summed E-state index contributed by atoms with van der Waals surface area (Å²) in [5.74, 6) is 1.04. The molecule has 1 fully saturated rings. The van der Waals surface area contributed by atoms with Crippen molar-refractivity contribution in [2.45, 2.75) is 6.42 Å². The van der Waals surface area contributed by atoms with Crippen molar-refractivity contribution in [3.8, 4) is 0 Å². The Balaban J connectivity index is 2.17. The molecular formula is C11H11NO. The van der Waals surface area contributed by atoms with Gasteiger partial charge in [0.25, 0.3) is 0 Å². The van der Waals surface area contributed by atoms with Crippen molar-refractivity contribution in [1.29, 1.82) is 0 Å². The number of fused-ring (bicyclic) bond motifs is 1. The Morgan fingerprint density at radius 2 is 2.00 bits per heavy atom. The number of rotatable bonds is 1. The minimum Gasteiger partial charge on any atom is -0.448 e. The van der Waals surface area contributed by atoms with E-state index >= 15 is 0 Å². The third-order valence-electron chi connectivity index (χ3n) is 2.63. The summed E-state index contributed by atoms with van der Waals surface area (Å²) in [7, 11) is 0. The molecule has 0 amide bonds. The molecule has 1 aromatic heterocycles. The minimum absolute atomic E-state index is 1.04. The van der Waals surface area contributed by atoms with Crippen molar-refractivity contribution in [2.75, 3.05) is 18.0 Å². The van der Waals surface area contributed by atoms with E-state index in [2.05, 4.69) is 23.1 Å². The molecule has 66 valence electrons. The van der Waals surface area contributed by atoms with Gasteiger partial charge in [0.2, 0.25) is 5.88 Å². The first kappa shape index (κ1) is 7.01. The summed E-state index contributed by atoms with van der Waals surface area (Å²) in [4.78, 5) is 2.28. The molecule has 2 aromatic rings. The lowest BCUT2D eigenvalue weighted by atomic mass is 10.2. The number of hydrogen-bond acceptors (Lipinski definition) is 2. The van der Waals surface area contributed by atoms with Crippen molar-refractivity contribution in [1.82, 2.24) is 0 Å². The van der Waals surface area contributed by atoms with Crippen LogP contribution in [-0.4, -0.2) is 13.1 Å². The van der Waals surface area contributed by atoms with Crippen LogP contribution in [0.5, 0.6) is 0 Å². The van der Waals surface area contributed by atoms with E-state index < -0.39 is 0 Å². The Labute approximate surface area is 76.8 Å². The van der Waals surface area contributed by atoms with Crippen LogP contribution in [-0.2, 0) is 0 Å². The van der Waals surface area contributed by atoms with Gasteiger partial charge >= 0.3 is 0 Å². The zero-order valence-electron chi connectivity index (χ0n) is 7.36. The van der Waals surface area contributed by atoms with Gasteiger partial charge in [0.05, 0.1) is 0 Å². The van der Waals surface area contributed by atoms with Crippen LogP contribution in [0.1, 0.15) is 6.42 Å². The topological polar surface area (TPSA) is 16.4 Å². The summed E-state index contributed by atoms with van der Waals surface area (Å²) < 4.78 is 5.54. The maximum atomic E-state index is 5.54. The van der Waals surface area contributed by atoms with Gasteiger partial charge in [-0.2, -0.15) is 0 Å². The zero-order valence-corrected chi connectivity index (χ0v) is 7.36. The maximum absolute atomic E-state index is 5.54. The van der Waals surface area contributed by atoms with Crippen LogP contribution in [0.3, 0.4) is 0 Å². The average molecular weight is 173 g/mol. The molecule has 0 N–H and O–H groups in total. The molecule has 0 radical (unpaired) electrons. The van der Waals surface area contributed by atoms with Crippen molar-refractivity contribution < 1.29 is 4.42 Å². The first-order valence-corrected chi connectivity index (χ1v) is 4.66. The standard InChI is InChI=1S/C11H11NO/c1-2-5-10-9(4-1)8-13-11(10)12-6-3-7-12/h1-2,4-5,8H,3,6-7H2. The van der Waals surface area contributed by atoms with Gasteiger partial charge in [-0.15, -0.1) is 0 Å². The first-order chi connectivity index (χ1) is 6.45. The predicted molar refractivity (Wildman–Crippen MR) is 53.0 cm³/mol. The molecule has 13 heavy (non-hydrogen) atoms. The van der Waals surface area contributed by atoms with Crippen LogP contribution >= 0.6 is 0 Å². The fourth-order valence-electron chi connectivity index (χ4n) is 1.74. The third kappa shape index (κ3) is 0.949. The molecule has 1 aliphatic heterocycles. The SMILES string of the molecule is c1ccc2c(N3CCC3)occ2c1. The fourth-order valence-corrected chi connectivity index (χ4v) is 1.74. The highest BCUT2D eigenvalue weighted by Crippen LogP contribution is 2.31. The molecule has 2 heteroatoms. The summed E-state index contributed by atoms with van der Waals surface area (Å²) in [6, 6.07) is 8.30. The first-order valence-electron chi connectivity index (χ1n) is 4.66. The lowest BCUT2D eigenvalue weighted by molar-refractivity contribution is 0.503. The molecular weight excluding hydrogens is 162 g/mol. The fraction of sp³-hybridized carbons (Fsp3) is 0.273. The molecule has 1 saturated heterocycles. The molecule has 0 aliphatic carbocycles. The largest absolute Gasteiger partial charge is 0.448 e. The molecule has 0 unspecified atom stereocenters. The van der Waals surface area contributed by atoms with Crippen LogP contribution in [0.4, 0.5) is 5.88 Å². The van der Waals surface area contributed by atoms with Crippen molar-refractivity contribution in [3.05, 3.63) is 30.5 Å². The van der Waals surface area contributed by atoms with Gasteiger partial charge in [0.1, 0.15) is 6.26 Å². The van der Waals surface area contributed by atoms with E-state index in [9.17, 15) is 0 Å². The van der Waals surface area contributed by atoms with E-state index in [1.54, 1.807) is 0 Å². The van der Waals surface area contributed by atoms with Gasteiger partial charge < -0.3 is 9.32 Å². The Morgan fingerprint density at radius 3 is 2.77 bits per heavy atom. The second-order valence-electron chi connectivity index (χ2n) is 3.47. The Morgan fingerprint density at radius 1 is 1.15 bits per heavy atom. The van der Waals surface area contributed by atoms with E-state index in [0.717, 1.165) is 19.0 Å². The molecule has 0 bridgehead atoms. The molecule has 2 heterocycles. The lowest BCUT2D eigenvalue weighted by Crippen LogP contribution is -2.36. The molecule has 1 aromatic carbocycles. The quantitative estimate of drug-likeness (QED) is 0.659. The molecule has 1 aliphatic rings. The second-order valence-corrected chi connectivity index (χ2v) is 3.47. The number of furan rings is 1. The summed E-state index contributed by atoms with van der Waals surface area (Å²) in [6.45, 7) is 2.27. The van der Waals surface area contributed by atoms with Gasteiger partial charge in [0, 0.05) is 23.9 Å². The van der Waals surface area contributed by atoms with Crippen molar-refractivity contribution in [2.24, 2.45) is 0 Å². The summed E-state index contributed by atoms with van der Waals surface area (Å²) in [5, 5.41) is 2.44. The van der Waals surface area contributed by atoms with E-state index in [0.29, 0.717) is 0 Å². The van der Waals surface area contributed by atoms with E-state index in [-0.39, 0.29) is 0 Å². The number of benzene rings is 1. The van der Waals surface area contributed by atoms with Crippen LogP contribution in [0.2, 0.25) is 0 Å². The smallest absolute Gasteiger partial charge is 0.203 e. The van der Waals surface area contributed by atoms with Gasteiger partial charge in [-0.1, -0.05) is 18.2 Å². The van der Waals surface area contributed by atoms with Crippen LogP contribution in [0.15, 0.2) is 34.9 Å². The average Bonchev–Trinajstić information content (AvgIpc) is 2.47. The van der Waals surface area contributed by atoms with Gasteiger partial charge in [-0.25, -0.2) is 0 Å². The molecule has 0 spiro atoms. The van der Waals surface area contributed by atoms with Crippen LogP contribution in [0.25, 0.3) is 10.8 Å². The maximum Gasteiger partial charge on any atom is 0.203 e. The van der Waals surface area contributed by atoms with Gasteiger partial charge in [-0.3, -0.25) is 0 Å². The minimum atomic E-state index is 1.04. The van der Waals surface area contributed by atoms with E-state index in [1.165, 1.54) is 17.2 Å². The number of hydrogen-bond donors (Lipinski definition) is 0. The summed E-state index contributed by atoms with van der Waals surface area (Å²) in [5.41, 5.74) is 0. The Bertz CT molecular complexity index is 428. The normalized spacial score (nSPS) is 16.2. The summed E-state index contributed by atoms with van der Waals surface area (Å²) >= 11 is 0. The van der Waals surface area contributed by atoms with Crippen LogP contribution in [0, 0.1) is 0 Å². The zero-order chi connectivity index (χ0) is 8.67. The second kappa shape index (κ2) is 2.52. The highest BCUT2D eigenvalue weighted by molar-refractivity contribution is 5.91. The predicted octanol–water partition coefficient (Wildman–Crippen LogP) is 2.64. The number of nitrogens with zero attached hydrogens (tertiary/aromatic N) is 1. The lowest BCUT2D eigenvalue weighted by Gasteiger charge is -2.30. The van der Waals surface area contributed by atoms with Gasteiger partial charge in [0.15, 0.2) is 0 Å². The third-order valence-corrected chi connectivity index (χ3v) is 2.63. The van der Waals surface area contributed by atoms with Crippen LogP contribution < -0.4 is 4.90 Å². The summed E-state index contributed by atoms with van der Waals surface area (Å²) in [6.07, 6.45) is 3.12. The number of anilines is 1. The molecule has 0 atom stereocenters. The van der Waals surface area contributed by atoms with E-state index in [1.807, 2.05) is 12.3 Å². The highest BCUT2D eigenvalue weighted by atomic mass is 16.3. The molecule has 3 rings (SSSR count). The van der Waals surface area contributed by atoms with Gasteiger partial charge in [-0.05, 0) is 12.5 Å². The molecule has 2 nitrogen and oxygen atoms in total. The molecule has 0 saturated carbocycles. The Hall–Kier alpha value is -1.44.